The van der Waals surface area contributed by atoms with Crippen molar-refractivity contribution < 1.29 is 130 Å². The molecule has 0 aliphatic heterocycles. The Labute approximate surface area is 866 Å². The van der Waals surface area contributed by atoms with Gasteiger partial charge in [0.05, 0.1) is 99.5 Å². The standard InChI is InChI=1S/C25H28O6.C24H26O6.C16H18O4.C15H15BrO3.C15H16O4.C7H8O2.C7H8O.C6H5BrO.CH4/c1-17-22(30-15-18-9-10-24(28-4)25(13-18)29-5)7-6-8-23(17)31-16-19-11-20(26-2)14-21(12-19)27-3;1-25-21-10-18(11-22(14-21)26-2)16-30-20-7-5-6-19(13-20)29-15-17-8-9-23(27-3)24(12-17)28-4;1-11-15(17)5-4-6-16(11)20-10-12-7-13(18-2)9-14(8-12)19-3;2*1-17-14-6-11(7-15(9-14)18-2)10-19-13-5-3-4-12(16)8-13;1-5-6(8)3-2-4-7(5)9;1-6-4-2-3-5-7(6)8;7-5-2-1-3-6(8)4-5;/h6-14H,15-16H2,1-5H3;5-14H,15-16H2,1-4H3;4-9,17H,10H2,1-3H3;3-9H,10H2,1-2H3;3-9,16H,10H2,1-2H3;2-4,8-9H,1H3;2-5,8H,1H3;1-4,8H;1H4. The van der Waals surface area contributed by atoms with E-state index in [1.54, 1.807) is 179 Å². The Morgan fingerprint density at radius 3 is 0.724 bits per heavy atom. The normalized spacial score (nSPS) is 9.96. The van der Waals surface area contributed by atoms with Crippen LogP contribution in [0.3, 0.4) is 0 Å². The lowest BCUT2D eigenvalue weighted by atomic mass is 10.2. The summed E-state index contributed by atoms with van der Waals surface area (Å²) >= 11 is 6.62. The third kappa shape index (κ3) is 39.7. The molecule has 0 aromatic heterocycles. The van der Waals surface area contributed by atoms with Gasteiger partial charge in [0.15, 0.2) is 23.0 Å². The average molecular weight is 2110 g/mol. The molecular formula is C116H128Br2O27. The second-order valence-electron chi connectivity index (χ2n) is 30.9. The zero-order chi connectivity index (χ0) is 104. The first kappa shape index (κ1) is 116. The molecule has 0 saturated heterocycles. The fraction of sp³-hybridized carbons (Fsp3) is 0.224. The zero-order valence-corrected chi connectivity index (χ0v) is 87.0. The van der Waals surface area contributed by atoms with Gasteiger partial charge < -0.3 is 130 Å². The maximum Gasteiger partial charge on any atom is 0.161 e. The molecule has 145 heavy (non-hydrogen) atoms. The lowest BCUT2D eigenvalue weighted by Crippen LogP contribution is -2.02. The number of phenolic OH excluding ortho intramolecular Hbond substituents is 6. The number of halogens is 2. The summed E-state index contributed by atoms with van der Waals surface area (Å²) in [5.74, 6) is 16.4. The predicted octanol–water partition coefficient (Wildman–Crippen LogP) is 26.3. The van der Waals surface area contributed by atoms with E-state index in [9.17, 15) is 10.2 Å². The molecule has 0 heterocycles. The molecule has 0 bridgehead atoms. The van der Waals surface area contributed by atoms with Crippen LogP contribution < -0.4 is 99.5 Å². The van der Waals surface area contributed by atoms with Gasteiger partial charge >= 0.3 is 0 Å². The Morgan fingerprint density at radius 1 is 0.179 bits per heavy atom. The fourth-order valence-corrected chi connectivity index (χ4v) is 13.7. The van der Waals surface area contributed by atoms with E-state index < -0.39 is 0 Å². The highest BCUT2D eigenvalue weighted by atomic mass is 79.9. The van der Waals surface area contributed by atoms with Gasteiger partial charge in [0.2, 0.25) is 0 Å². The Morgan fingerprint density at radius 2 is 0.428 bits per heavy atom. The summed E-state index contributed by atoms with van der Waals surface area (Å²) in [6.07, 6.45) is 0. The minimum absolute atomic E-state index is 0. The van der Waals surface area contributed by atoms with Gasteiger partial charge in [-0.1, -0.05) is 112 Å². The van der Waals surface area contributed by atoms with Gasteiger partial charge in [-0.2, -0.15) is 0 Å². The van der Waals surface area contributed by atoms with Crippen molar-refractivity contribution in [3.63, 3.8) is 0 Å². The molecule has 0 radical (unpaired) electrons. The van der Waals surface area contributed by atoms with Gasteiger partial charge in [0.25, 0.3) is 0 Å². The van der Waals surface area contributed by atoms with Crippen LogP contribution >= 0.6 is 31.9 Å². The molecular weight excluding hydrogens is 1990 g/mol. The molecule has 0 unspecified atom stereocenters. The van der Waals surface area contributed by atoms with Crippen molar-refractivity contribution in [2.24, 2.45) is 0 Å². The minimum Gasteiger partial charge on any atom is -0.508 e. The molecule has 29 heteroatoms. The monoisotopic (exact) mass is 2110 g/mol. The van der Waals surface area contributed by atoms with E-state index in [1.807, 2.05) is 239 Å². The largest absolute Gasteiger partial charge is 0.508 e. The molecule has 768 valence electrons. The van der Waals surface area contributed by atoms with Crippen LogP contribution in [0.25, 0.3) is 0 Å². The van der Waals surface area contributed by atoms with Crippen molar-refractivity contribution in [3.8, 4) is 155 Å². The van der Waals surface area contributed by atoms with E-state index in [1.165, 1.54) is 12.1 Å². The summed E-state index contributed by atoms with van der Waals surface area (Å²) < 4.78 is 117. The number of aryl methyl sites for hydroxylation is 1. The molecule has 0 saturated carbocycles. The maximum absolute atomic E-state index is 9.64. The molecule has 15 aromatic rings. The van der Waals surface area contributed by atoms with Crippen LogP contribution in [0.15, 0.2) is 312 Å². The van der Waals surface area contributed by atoms with Gasteiger partial charge in [-0.15, -0.1) is 0 Å². The first-order chi connectivity index (χ1) is 69.6. The van der Waals surface area contributed by atoms with Crippen LogP contribution in [-0.4, -0.2) is 130 Å². The van der Waals surface area contributed by atoms with E-state index in [4.69, 9.17) is 120 Å². The predicted molar refractivity (Wildman–Crippen MR) is 570 cm³/mol. The van der Waals surface area contributed by atoms with E-state index in [0.717, 1.165) is 128 Å². The highest BCUT2D eigenvalue weighted by molar-refractivity contribution is 9.10. The lowest BCUT2D eigenvalue weighted by molar-refractivity contribution is 0.284. The van der Waals surface area contributed by atoms with Crippen molar-refractivity contribution in [1.29, 1.82) is 0 Å². The number of hydrogen-bond acceptors (Lipinski definition) is 27. The van der Waals surface area contributed by atoms with E-state index in [-0.39, 0.29) is 30.4 Å². The highest BCUT2D eigenvalue weighted by Gasteiger charge is 2.16. The molecule has 0 spiro atoms. The smallest absolute Gasteiger partial charge is 0.161 e. The number of hydrogen-bond donors (Lipinski definition) is 6. The SMILES string of the molecule is C.COc1cc(COc2cccc(Br)c2)cc(OC)c1.COc1cc(COc2cccc(O)c2)cc(OC)c1.COc1cc(COc2cccc(O)c2C)cc(OC)c1.COc1cc(COc2cccc(OCc3ccc(OC)c(OC)c3)c2)cc(OC)c1.COc1cc(COc2cccc(OCc3ccc(OC)c(OC)c3)c2C)cc(OC)c1.Cc1c(O)cccc1O.Cc1ccccc1O.Oc1cccc(Br)c1. The van der Waals surface area contributed by atoms with E-state index >= 15 is 0 Å². The maximum atomic E-state index is 9.64. The second-order valence-corrected chi connectivity index (χ2v) is 32.7. The topological polar surface area (TPSA) is 315 Å². The number of para-hydroxylation sites is 1. The van der Waals surface area contributed by atoms with Crippen molar-refractivity contribution in [1.82, 2.24) is 0 Å². The van der Waals surface area contributed by atoms with E-state index in [0.29, 0.717) is 121 Å². The van der Waals surface area contributed by atoms with Crippen LogP contribution in [0.5, 0.6) is 155 Å². The summed E-state index contributed by atoms with van der Waals surface area (Å²) in [7, 11) is 22.7. The van der Waals surface area contributed by atoms with Crippen LogP contribution in [-0.2, 0) is 46.2 Å². The summed E-state index contributed by atoms with van der Waals surface area (Å²) in [5.41, 5.74) is 9.81. The lowest BCUT2D eigenvalue weighted by Gasteiger charge is -2.15. The molecule has 0 aliphatic carbocycles. The Hall–Kier alpha value is -16.1. The summed E-state index contributed by atoms with van der Waals surface area (Å²) in [4.78, 5) is 0. The highest BCUT2D eigenvalue weighted by Crippen LogP contribution is 2.37. The van der Waals surface area contributed by atoms with Crippen LogP contribution in [0.1, 0.15) is 68.6 Å². The molecule has 0 amide bonds. The van der Waals surface area contributed by atoms with Gasteiger partial charge in [-0.25, -0.2) is 0 Å². The number of rotatable bonds is 35. The molecule has 6 N–H and O–H groups in total. The average Bonchev–Trinajstić information content (AvgIpc) is 0.868. The molecule has 0 aliphatic rings. The third-order valence-corrected chi connectivity index (χ3v) is 21.9. The van der Waals surface area contributed by atoms with Crippen LogP contribution in [0, 0.1) is 27.7 Å². The molecule has 0 fully saturated rings. The first-order valence-electron chi connectivity index (χ1n) is 44.7. The number of ether oxygens (including phenoxy) is 21. The van der Waals surface area contributed by atoms with Crippen molar-refractivity contribution in [3.05, 3.63) is 373 Å². The Bertz CT molecular complexity index is 6180. The Kier molecular flexibility index (Phi) is 49.7. The first-order valence-corrected chi connectivity index (χ1v) is 46.3. The van der Waals surface area contributed by atoms with Crippen molar-refractivity contribution in [2.45, 2.75) is 81.4 Å². The summed E-state index contributed by atoms with van der Waals surface area (Å²) in [6.45, 7) is 10.1. The number of methoxy groups -OCH3 is 14. The quantitative estimate of drug-likeness (QED) is 0.0215. The molecule has 15 aromatic carbocycles. The number of benzene rings is 15. The number of aromatic hydroxyl groups is 6. The van der Waals surface area contributed by atoms with Crippen LogP contribution in [0.2, 0.25) is 0 Å². The second kappa shape index (κ2) is 62.2. The summed E-state index contributed by atoms with van der Waals surface area (Å²) in [6, 6.07) is 91.4. The third-order valence-electron chi connectivity index (χ3n) is 20.9. The fourth-order valence-electron chi connectivity index (χ4n) is 12.9. The molecule has 0 atom stereocenters. The van der Waals surface area contributed by atoms with Gasteiger partial charge in [0.1, 0.15) is 178 Å². The van der Waals surface area contributed by atoms with Gasteiger partial charge in [-0.3, -0.25) is 0 Å². The van der Waals surface area contributed by atoms with Crippen molar-refractivity contribution in [2.75, 3.05) is 99.5 Å². The summed E-state index contributed by atoms with van der Waals surface area (Å²) in [5, 5.41) is 54.6. The van der Waals surface area contributed by atoms with E-state index in [2.05, 4.69) is 31.9 Å². The van der Waals surface area contributed by atoms with Gasteiger partial charge in [-0.05, 0) is 260 Å². The molecule has 27 nitrogen and oxygen atoms in total. The zero-order valence-electron chi connectivity index (χ0n) is 83.8. The van der Waals surface area contributed by atoms with Crippen molar-refractivity contribution >= 4 is 31.9 Å². The Balaban J connectivity index is 0.000000233. The van der Waals surface area contributed by atoms with Gasteiger partial charge in [0, 0.05) is 68.1 Å². The minimum atomic E-state index is 0. The molecule has 15 rings (SSSR count). The number of phenols is 6. The van der Waals surface area contributed by atoms with Crippen LogP contribution in [0.4, 0.5) is 0 Å².